The normalized spacial score (nSPS) is 12.9. The molecular weight excluding hydrogens is 368 g/mol. The SMILES string of the molecule is BrCC=C(Br)C(Br)Br. The largest absolute Gasteiger partial charge is 0.101 e. The van der Waals surface area contributed by atoms with Crippen molar-refractivity contribution in [2.24, 2.45) is 0 Å². The zero-order valence-electron chi connectivity index (χ0n) is 3.87. The van der Waals surface area contributed by atoms with E-state index in [4.69, 9.17) is 0 Å². The summed E-state index contributed by atoms with van der Waals surface area (Å²) in [6.07, 6.45) is 2.02. The van der Waals surface area contributed by atoms with Gasteiger partial charge in [0.05, 0.1) is 0 Å². The lowest BCUT2D eigenvalue weighted by molar-refractivity contribution is 1.62. The molecule has 0 aromatic carbocycles. The second-order valence-electron chi connectivity index (χ2n) is 1.04. The molecule has 0 rings (SSSR count). The first-order chi connectivity index (χ1) is 3.68. The van der Waals surface area contributed by atoms with Gasteiger partial charge in [0.15, 0.2) is 0 Å². The summed E-state index contributed by atoms with van der Waals surface area (Å²) in [6.45, 7) is 0. The molecule has 0 heterocycles. The van der Waals surface area contributed by atoms with E-state index in [0.717, 1.165) is 9.81 Å². The van der Waals surface area contributed by atoms with E-state index in [9.17, 15) is 0 Å². The average molecular weight is 372 g/mol. The van der Waals surface area contributed by atoms with Crippen LogP contribution in [0.25, 0.3) is 0 Å². The van der Waals surface area contributed by atoms with E-state index in [0.29, 0.717) is 0 Å². The van der Waals surface area contributed by atoms with Gasteiger partial charge in [-0.2, -0.15) is 0 Å². The first-order valence-corrected chi connectivity index (χ1v) is 5.62. The summed E-state index contributed by atoms with van der Waals surface area (Å²) in [4.78, 5) is 0. The fraction of sp³-hybridized carbons (Fsp3) is 0.500. The van der Waals surface area contributed by atoms with E-state index < -0.39 is 0 Å². The lowest BCUT2D eigenvalue weighted by Gasteiger charge is -1.95. The highest BCUT2D eigenvalue weighted by Gasteiger charge is 1.98. The number of hydrogen-bond acceptors (Lipinski definition) is 0. The second-order valence-corrected chi connectivity index (χ2v) is 5.67. The van der Waals surface area contributed by atoms with Gasteiger partial charge < -0.3 is 0 Å². The maximum Gasteiger partial charge on any atom is 0.101 e. The Morgan fingerprint density at radius 3 is 2.12 bits per heavy atom. The third-order valence-electron chi connectivity index (χ3n) is 0.481. The maximum absolute atomic E-state index is 3.34. The van der Waals surface area contributed by atoms with Crippen molar-refractivity contribution in [3.63, 3.8) is 0 Å². The van der Waals surface area contributed by atoms with Crippen molar-refractivity contribution >= 4 is 63.7 Å². The predicted octanol–water partition coefficient (Wildman–Crippen LogP) is 3.78. The third kappa shape index (κ3) is 4.53. The topological polar surface area (TPSA) is 0 Å². The van der Waals surface area contributed by atoms with Crippen molar-refractivity contribution in [3.8, 4) is 0 Å². The van der Waals surface area contributed by atoms with E-state index in [1.54, 1.807) is 0 Å². The van der Waals surface area contributed by atoms with Crippen molar-refractivity contribution in [2.45, 2.75) is 3.74 Å². The highest BCUT2D eigenvalue weighted by molar-refractivity contribution is 9.26. The molecule has 4 heteroatoms. The molecule has 0 atom stereocenters. The van der Waals surface area contributed by atoms with E-state index in [1.807, 2.05) is 6.08 Å². The Labute approximate surface area is 82.6 Å². The molecule has 0 fully saturated rings. The molecule has 0 unspecified atom stereocenters. The van der Waals surface area contributed by atoms with Crippen LogP contribution in [-0.2, 0) is 0 Å². The summed E-state index contributed by atoms with van der Waals surface area (Å²) in [5, 5.41) is 0.876. The quantitative estimate of drug-likeness (QED) is 0.648. The summed E-state index contributed by atoms with van der Waals surface area (Å²) in [5.74, 6) is 0. The van der Waals surface area contributed by atoms with Gasteiger partial charge in [-0.25, -0.2) is 0 Å². The van der Waals surface area contributed by atoms with Crippen LogP contribution in [0, 0.1) is 0 Å². The van der Waals surface area contributed by atoms with E-state index in [2.05, 4.69) is 63.7 Å². The molecule has 0 aliphatic rings. The monoisotopic (exact) mass is 368 g/mol. The Bertz CT molecular complexity index is 86.0. The number of hydrogen-bond donors (Lipinski definition) is 0. The van der Waals surface area contributed by atoms with Gasteiger partial charge in [-0.3, -0.25) is 0 Å². The fourth-order valence-corrected chi connectivity index (χ4v) is 1.48. The molecule has 0 aromatic heterocycles. The molecule has 0 saturated heterocycles. The van der Waals surface area contributed by atoms with Crippen LogP contribution in [0.15, 0.2) is 10.6 Å². The Morgan fingerprint density at radius 2 is 2.00 bits per heavy atom. The van der Waals surface area contributed by atoms with Crippen molar-refractivity contribution in [1.29, 1.82) is 0 Å². The first-order valence-electron chi connectivity index (χ1n) is 1.88. The molecule has 48 valence electrons. The molecular formula is C4H4Br4. The minimum absolute atomic E-state index is 0.243. The van der Waals surface area contributed by atoms with Crippen LogP contribution in [-0.4, -0.2) is 9.07 Å². The van der Waals surface area contributed by atoms with Gasteiger partial charge in [-0.1, -0.05) is 69.8 Å². The molecule has 0 aliphatic heterocycles. The van der Waals surface area contributed by atoms with E-state index in [1.165, 1.54) is 0 Å². The van der Waals surface area contributed by atoms with Crippen LogP contribution in [0.3, 0.4) is 0 Å². The predicted molar refractivity (Wildman–Crippen MR) is 52.4 cm³/mol. The lowest BCUT2D eigenvalue weighted by Crippen LogP contribution is -1.81. The van der Waals surface area contributed by atoms with Crippen LogP contribution in [0.1, 0.15) is 0 Å². The van der Waals surface area contributed by atoms with Crippen molar-refractivity contribution in [3.05, 3.63) is 10.6 Å². The smallest absolute Gasteiger partial charge is 0.0883 e. The summed E-state index contributed by atoms with van der Waals surface area (Å²) in [6, 6.07) is 0. The molecule has 0 N–H and O–H groups in total. The third-order valence-corrected chi connectivity index (χ3v) is 3.80. The molecule has 0 radical (unpaired) electrons. The van der Waals surface area contributed by atoms with E-state index in [-0.39, 0.29) is 3.74 Å². The van der Waals surface area contributed by atoms with Gasteiger partial charge in [-0.05, 0) is 0 Å². The molecule has 0 nitrogen and oxygen atoms in total. The summed E-state index contributed by atoms with van der Waals surface area (Å²) < 4.78 is 1.35. The average Bonchev–Trinajstić information content (AvgIpc) is 1.67. The van der Waals surface area contributed by atoms with Crippen LogP contribution in [0.2, 0.25) is 0 Å². The Balaban J connectivity index is 3.61. The molecule has 0 saturated carbocycles. The zero-order chi connectivity index (χ0) is 6.57. The van der Waals surface area contributed by atoms with Gasteiger partial charge >= 0.3 is 0 Å². The van der Waals surface area contributed by atoms with Crippen LogP contribution >= 0.6 is 63.7 Å². The highest BCUT2D eigenvalue weighted by atomic mass is 79.9. The Morgan fingerprint density at radius 1 is 1.50 bits per heavy atom. The molecule has 8 heavy (non-hydrogen) atoms. The van der Waals surface area contributed by atoms with Crippen LogP contribution < -0.4 is 0 Å². The number of rotatable bonds is 2. The molecule has 0 bridgehead atoms. The van der Waals surface area contributed by atoms with E-state index >= 15 is 0 Å². The van der Waals surface area contributed by atoms with Gasteiger partial charge in [0.1, 0.15) is 3.74 Å². The summed E-state index contributed by atoms with van der Waals surface area (Å²) in [7, 11) is 0. The van der Waals surface area contributed by atoms with Gasteiger partial charge in [-0.15, -0.1) is 0 Å². The highest BCUT2D eigenvalue weighted by Crippen LogP contribution is 2.23. The van der Waals surface area contributed by atoms with Crippen LogP contribution in [0.5, 0.6) is 0 Å². The maximum atomic E-state index is 3.34. The standard InChI is InChI=1S/C4H4Br4/c5-2-1-3(6)4(7)8/h1,4H,2H2. The van der Waals surface area contributed by atoms with Gasteiger partial charge in [0, 0.05) is 9.81 Å². The molecule has 0 aliphatic carbocycles. The minimum Gasteiger partial charge on any atom is -0.0883 e. The zero-order valence-corrected chi connectivity index (χ0v) is 10.2. The molecule has 0 aromatic rings. The Kier molecular flexibility index (Phi) is 6.58. The second kappa shape index (κ2) is 5.45. The van der Waals surface area contributed by atoms with Gasteiger partial charge in [0.2, 0.25) is 0 Å². The molecule has 0 spiro atoms. The number of allylic oxidation sites excluding steroid dienone is 2. The minimum atomic E-state index is 0.243. The number of alkyl halides is 3. The summed E-state index contributed by atoms with van der Waals surface area (Å²) >= 11 is 13.3. The molecule has 0 amide bonds. The van der Waals surface area contributed by atoms with Gasteiger partial charge in [0.25, 0.3) is 0 Å². The first kappa shape index (κ1) is 9.66. The lowest BCUT2D eigenvalue weighted by atomic mass is 10.6. The van der Waals surface area contributed by atoms with Crippen molar-refractivity contribution in [2.75, 3.05) is 5.33 Å². The Hall–Kier alpha value is 1.66. The fourth-order valence-electron chi connectivity index (χ4n) is 0.163. The number of halogens is 4. The van der Waals surface area contributed by atoms with Crippen LogP contribution in [0.4, 0.5) is 0 Å². The van der Waals surface area contributed by atoms with Crippen molar-refractivity contribution in [1.82, 2.24) is 0 Å². The van der Waals surface area contributed by atoms with Crippen molar-refractivity contribution < 1.29 is 0 Å². The summed E-state index contributed by atoms with van der Waals surface area (Å²) in [5.41, 5.74) is 0.